The van der Waals surface area contributed by atoms with Crippen LogP contribution in [0.3, 0.4) is 0 Å². The molecule has 0 bridgehead atoms. The monoisotopic (exact) mass is 363 g/mol. The fourth-order valence-electron chi connectivity index (χ4n) is 4.31. The van der Waals surface area contributed by atoms with Crippen LogP contribution >= 0.6 is 0 Å². The first-order valence-corrected chi connectivity index (χ1v) is 9.94. The van der Waals surface area contributed by atoms with Crippen molar-refractivity contribution < 1.29 is 4.74 Å². The van der Waals surface area contributed by atoms with Crippen LogP contribution in [0.5, 0.6) is 0 Å². The zero-order chi connectivity index (χ0) is 18.6. The van der Waals surface area contributed by atoms with Crippen molar-refractivity contribution in [3.63, 3.8) is 0 Å². The topological polar surface area (TPSA) is 36.9 Å². The lowest BCUT2D eigenvalue weighted by Gasteiger charge is -2.23. The van der Waals surface area contributed by atoms with E-state index in [2.05, 4.69) is 65.7 Å². The van der Waals surface area contributed by atoms with E-state index in [1.165, 1.54) is 34.5 Å². The molecule has 0 amide bonds. The molecule has 2 heterocycles. The number of fused-ring (bicyclic) bond motifs is 1. The van der Waals surface area contributed by atoms with Crippen molar-refractivity contribution in [3.8, 4) is 0 Å². The molecule has 2 aromatic rings. The minimum atomic E-state index is 0.347. The van der Waals surface area contributed by atoms with Crippen molar-refractivity contribution in [2.45, 2.75) is 25.3 Å². The second-order valence-corrected chi connectivity index (χ2v) is 7.62. The summed E-state index contributed by atoms with van der Waals surface area (Å²) in [6.07, 6.45) is 1.20. The Kier molecular flexibility index (Phi) is 5.67. The Balaban J connectivity index is 1.52. The van der Waals surface area contributed by atoms with Gasteiger partial charge in [-0.1, -0.05) is 48.5 Å². The number of ether oxygens (including phenoxy) is 1. The van der Waals surface area contributed by atoms with Crippen molar-refractivity contribution in [3.05, 3.63) is 65.2 Å². The first kappa shape index (κ1) is 18.4. The summed E-state index contributed by atoms with van der Waals surface area (Å²) in [4.78, 5) is 7.67. The lowest BCUT2D eigenvalue weighted by Crippen LogP contribution is -2.36. The normalized spacial score (nSPS) is 22.1. The van der Waals surface area contributed by atoms with E-state index in [0.717, 1.165) is 32.8 Å². The molecule has 2 atom stereocenters. The van der Waals surface area contributed by atoms with Crippen LogP contribution < -0.4 is 5.32 Å². The van der Waals surface area contributed by atoms with Gasteiger partial charge in [0.25, 0.3) is 0 Å². The van der Waals surface area contributed by atoms with Gasteiger partial charge < -0.3 is 15.0 Å². The van der Waals surface area contributed by atoms with Crippen molar-refractivity contribution in [2.24, 2.45) is 4.99 Å². The SMILES string of the molecule is COCCNC1CCN(CC2C(c3ccccc3)=Nc3c(C)cccc32)C1. The van der Waals surface area contributed by atoms with Crippen molar-refractivity contribution >= 4 is 11.4 Å². The molecule has 1 fully saturated rings. The van der Waals surface area contributed by atoms with Crippen LogP contribution in [-0.2, 0) is 4.74 Å². The number of hydrogen-bond acceptors (Lipinski definition) is 4. The molecule has 1 N–H and O–H groups in total. The van der Waals surface area contributed by atoms with Crippen LogP contribution in [0.1, 0.15) is 29.0 Å². The second-order valence-electron chi connectivity index (χ2n) is 7.62. The van der Waals surface area contributed by atoms with E-state index in [1.807, 2.05) is 0 Å². The highest BCUT2D eigenvalue weighted by Crippen LogP contribution is 2.40. The van der Waals surface area contributed by atoms with Crippen LogP contribution in [0.4, 0.5) is 5.69 Å². The van der Waals surface area contributed by atoms with E-state index in [4.69, 9.17) is 9.73 Å². The first-order chi connectivity index (χ1) is 13.3. The fraction of sp³-hybridized carbons (Fsp3) is 0.435. The van der Waals surface area contributed by atoms with E-state index in [-0.39, 0.29) is 0 Å². The molecular weight excluding hydrogens is 334 g/mol. The van der Waals surface area contributed by atoms with Crippen LogP contribution in [-0.4, -0.2) is 56.5 Å². The third-order valence-electron chi connectivity index (χ3n) is 5.73. The maximum absolute atomic E-state index is 5.16. The molecule has 0 spiro atoms. The predicted octanol–water partition coefficient (Wildman–Crippen LogP) is 3.52. The number of para-hydroxylation sites is 1. The third kappa shape index (κ3) is 3.98. The second kappa shape index (κ2) is 8.34. The van der Waals surface area contributed by atoms with Gasteiger partial charge in [0.05, 0.1) is 18.0 Å². The Morgan fingerprint density at radius 1 is 1.15 bits per heavy atom. The van der Waals surface area contributed by atoms with Gasteiger partial charge in [-0.15, -0.1) is 0 Å². The molecule has 0 saturated carbocycles. The molecule has 4 heteroatoms. The number of nitrogens with one attached hydrogen (secondary N) is 1. The maximum atomic E-state index is 5.16. The van der Waals surface area contributed by atoms with Crippen molar-refractivity contribution in [1.29, 1.82) is 0 Å². The molecule has 142 valence electrons. The van der Waals surface area contributed by atoms with Crippen LogP contribution in [0.2, 0.25) is 0 Å². The average Bonchev–Trinajstić information content (AvgIpc) is 3.29. The maximum Gasteiger partial charge on any atom is 0.0701 e. The largest absolute Gasteiger partial charge is 0.383 e. The Morgan fingerprint density at radius 3 is 2.81 bits per heavy atom. The van der Waals surface area contributed by atoms with Gasteiger partial charge in [0, 0.05) is 38.7 Å². The van der Waals surface area contributed by atoms with E-state index in [0.29, 0.717) is 12.0 Å². The summed E-state index contributed by atoms with van der Waals surface area (Å²) in [7, 11) is 1.76. The van der Waals surface area contributed by atoms with Gasteiger partial charge >= 0.3 is 0 Å². The Bertz CT molecular complexity index is 803. The van der Waals surface area contributed by atoms with Gasteiger partial charge in [0.2, 0.25) is 0 Å². The summed E-state index contributed by atoms with van der Waals surface area (Å²) in [5, 5.41) is 3.61. The van der Waals surface area contributed by atoms with E-state index in [1.54, 1.807) is 7.11 Å². The quantitative estimate of drug-likeness (QED) is 0.765. The molecule has 0 aromatic heterocycles. The molecule has 4 rings (SSSR count). The van der Waals surface area contributed by atoms with Crippen LogP contribution in [0.25, 0.3) is 0 Å². The molecule has 2 unspecified atom stereocenters. The molecule has 0 aliphatic carbocycles. The number of hydrogen-bond donors (Lipinski definition) is 1. The predicted molar refractivity (Wildman–Crippen MR) is 111 cm³/mol. The number of benzene rings is 2. The smallest absolute Gasteiger partial charge is 0.0701 e. The van der Waals surface area contributed by atoms with Gasteiger partial charge in [-0.3, -0.25) is 4.99 Å². The molecular formula is C23H29N3O. The number of methoxy groups -OCH3 is 1. The standard InChI is InChI=1S/C23H29N3O/c1-17-7-6-10-20-21(16-26-13-11-19(15-26)24-12-14-27-2)23(25-22(17)20)18-8-4-3-5-9-18/h3-10,19,21,24H,11-16H2,1-2H3. The first-order valence-electron chi connectivity index (χ1n) is 9.94. The van der Waals surface area contributed by atoms with Gasteiger partial charge in [0.1, 0.15) is 0 Å². The van der Waals surface area contributed by atoms with Gasteiger partial charge in [0.15, 0.2) is 0 Å². The highest BCUT2D eigenvalue weighted by atomic mass is 16.5. The summed E-state index contributed by atoms with van der Waals surface area (Å²) >= 11 is 0. The molecule has 0 radical (unpaired) electrons. The summed E-state index contributed by atoms with van der Waals surface area (Å²) in [5.74, 6) is 0.347. The molecule has 1 saturated heterocycles. The Hall–Kier alpha value is -2.01. The number of rotatable bonds is 7. The molecule has 4 nitrogen and oxygen atoms in total. The lowest BCUT2D eigenvalue weighted by atomic mass is 9.90. The molecule has 2 aliphatic heterocycles. The van der Waals surface area contributed by atoms with E-state index in [9.17, 15) is 0 Å². The molecule has 2 aliphatic rings. The van der Waals surface area contributed by atoms with Crippen LogP contribution in [0, 0.1) is 6.92 Å². The van der Waals surface area contributed by atoms with E-state index < -0.39 is 0 Å². The summed E-state index contributed by atoms with van der Waals surface area (Å²) in [5.41, 5.74) is 6.28. The van der Waals surface area contributed by atoms with E-state index >= 15 is 0 Å². The van der Waals surface area contributed by atoms with Gasteiger partial charge in [-0.25, -0.2) is 0 Å². The highest BCUT2D eigenvalue weighted by Gasteiger charge is 2.32. The number of nitrogens with zero attached hydrogens (tertiary/aromatic N) is 2. The highest BCUT2D eigenvalue weighted by molar-refractivity contribution is 6.10. The zero-order valence-corrected chi connectivity index (χ0v) is 16.3. The number of likely N-dealkylation sites (tertiary alicyclic amines) is 1. The van der Waals surface area contributed by atoms with Crippen molar-refractivity contribution in [2.75, 3.05) is 39.9 Å². The number of aliphatic imine (C=N–C) groups is 1. The fourth-order valence-corrected chi connectivity index (χ4v) is 4.31. The average molecular weight is 364 g/mol. The van der Waals surface area contributed by atoms with Gasteiger partial charge in [-0.2, -0.15) is 0 Å². The minimum absolute atomic E-state index is 0.347. The summed E-state index contributed by atoms with van der Waals surface area (Å²) in [6.45, 7) is 7.15. The number of aryl methyl sites for hydroxylation is 1. The van der Waals surface area contributed by atoms with Crippen LogP contribution in [0.15, 0.2) is 53.5 Å². The summed E-state index contributed by atoms with van der Waals surface area (Å²) in [6, 6.07) is 17.8. The lowest BCUT2D eigenvalue weighted by molar-refractivity contribution is 0.195. The molecule has 27 heavy (non-hydrogen) atoms. The third-order valence-corrected chi connectivity index (χ3v) is 5.73. The minimum Gasteiger partial charge on any atom is -0.383 e. The Labute approximate surface area is 162 Å². The molecule has 2 aromatic carbocycles. The summed E-state index contributed by atoms with van der Waals surface area (Å²) < 4.78 is 5.16. The Morgan fingerprint density at radius 2 is 2.00 bits per heavy atom. The zero-order valence-electron chi connectivity index (χ0n) is 16.3. The van der Waals surface area contributed by atoms with Crippen molar-refractivity contribution in [1.82, 2.24) is 10.2 Å². The van der Waals surface area contributed by atoms with Gasteiger partial charge in [-0.05, 0) is 36.6 Å².